The van der Waals surface area contributed by atoms with Crippen LogP contribution >= 0.6 is 0 Å². The Hall–Kier alpha value is -1.40. The highest BCUT2D eigenvalue weighted by Crippen LogP contribution is 2.21. The Balaban J connectivity index is 2.26. The van der Waals surface area contributed by atoms with Crippen molar-refractivity contribution in [3.8, 4) is 0 Å². The summed E-state index contributed by atoms with van der Waals surface area (Å²) in [6.45, 7) is 6.79. The second kappa shape index (κ2) is 7.01. The predicted octanol–water partition coefficient (Wildman–Crippen LogP) is 2.78. The molecule has 0 unspecified atom stereocenters. The van der Waals surface area contributed by atoms with E-state index in [0.29, 0.717) is 18.7 Å². The molecule has 1 aromatic rings. The summed E-state index contributed by atoms with van der Waals surface area (Å²) in [6, 6.07) is 6.31. The molecule has 0 aliphatic carbocycles. The van der Waals surface area contributed by atoms with Crippen molar-refractivity contribution >= 4 is 15.9 Å². The molecule has 6 heteroatoms. The van der Waals surface area contributed by atoms with Crippen molar-refractivity contribution in [1.29, 1.82) is 0 Å². The van der Waals surface area contributed by atoms with E-state index >= 15 is 0 Å². The van der Waals surface area contributed by atoms with Gasteiger partial charge in [0.15, 0.2) is 0 Å². The molecule has 0 spiro atoms. The first kappa shape index (κ1) is 17.9. The van der Waals surface area contributed by atoms with Gasteiger partial charge in [-0.15, -0.1) is 0 Å². The van der Waals surface area contributed by atoms with Crippen LogP contribution in [0.4, 0.5) is 0 Å². The van der Waals surface area contributed by atoms with Gasteiger partial charge < -0.3 is 5.32 Å². The minimum Gasteiger partial charge on any atom is -0.347 e. The van der Waals surface area contributed by atoms with Crippen molar-refractivity contribution in [3.05, 3.63) is 29.8 Å². The summed E-state index contributed by atoms with van der Waals surface area (Å²) in [7, 11) is -3.53. The van der Waals surface area contributed by atoms with Gasteiger partial charge in [0.05, 0.1) is 4.90 Å². The second-order valence-corrected chi connectivity index (χ2v) is 8.99. The van der Waals surface area contributed by atoms with Crippen LogP contribution in [0.15, 0.2) is 29.2 Å². The summed E-state index contributed by atoms with van der Waals surface area (Å²) >= 11 is 0. The standard InChI is InChI=1S/C17H26N2O3S/c1-17(2,3)18-16(20)14-9-8-10-15(13-14)23(21,22)19-11-6-4-5-7-12-19/h8-10,13H,4-7,11-12H2,1-3H3,(H,18,20). The van der Waals surface area contributed by atoms with E-state index in [1.165, 1.54) is 6.07 Å². The Morgan fingerprint density at radius 2 is 1.70 bits per heavy atom. The molecular formula is C17H26N2O3S. The van der Waals surface area contributed by atoms with E-state index in [1.54, 1.807) is 22.5 Å². The van der Waals surface area contributed by atoms with Gasteiger partial charge in [0, 0.05) is 24.2 Å². The van der Waals surface area contributed by atoms with E-state index in [4.69, 9.17) is 0 Å². The van der Waals surface area contributed by atoms with Crippen LogP contribution in [0.25, 0.3) is 0 Å². The molecule has 0 aromatic heterocycles. The number of nitrogens with one attached hydrogen (secondary N) is 1. The van der Waals surface area contributed by atoms with Crippen molar-refractivity contribution in [2.75, 3.05) is 13.1 Å². The van der Waals surface area contributed by atoms with Crippen LogP contribution in [0.3, 0.4) is 0 Å². The molecule has 0 atom stereocenters. The molecule has 1 amide bonds. The molecular weight excluding hydrogens is 312 g/mol. The Morgan fingerprint density at radius 1 is 1.09 bits per heavy atom. The van der Waals surface area contributed by atoms with E-state index in [0.717, 1.165) is 25.7 Å². The van der Waals surface area contributed by atoms with Crippen LogP contribution in [0.2, 0.25) is 0 Å². The molecule has 0 radical (unpaired) electrons. The highest BCUT2D eigenvalue weighted by molar-refractivity contribution is 7.89. The molecule has 0 bridgehead atoms. The van der Waals surface area contributed by atoms with Crippen LogP contribution in [0.1, 0.15) is 56.8 Å². The van der Waals surface area contributed by atoms with Gasteiger partial charge in [-0.2, -0.15) is 4.31 Å². The fourth-order valence-electron chi connectivity index (χ4n) is 2.64. The van der Waals surface area contributed by atoms with E-state index in [-0.39, 0.29) is 16.3 Å². The van der Waals surface area contributed by atoms with Crippen molar-refractivity contribution in [3.63, 3.8) is 0 Å². The number of hydrogen-bond acceptors (Lipinski definition) is 3. The number of benzene rings is 1. The quantitative estimate of drug-likeness (QED) is 0.921. The fraction of sp³-hybridized carbons (Fsp3) is 0.588. The minimum atomic E-state index is -3.53. The van der Waals surface area contributed by atoms with Crippen molar-refractivity contribution in [2.45, 2.75) is 56.9 Å². The van der Waals surface area contributed by atoms with Crippen LogP contribution < -0.4 is 5.32 Å². The number of rotatable bonds is 3. The summed E-state index contributed by atoms with van der Waals surface area (Å²) in [5.41, 5.74) is 0.00680. The maximum absolute atomic E-state index is 12.8. The minimum absolute atomic E-state index is 0.195. The van der Waals surface area contributed by atoms with Gasteiger partial charge in [0.1, 0.15) is 0 Å². The molecule has 1 aromatic carbocycles. The lowest BCUT2D eigenvalue weighted by Gasteiger charge is -2.22. The predicted molar refractivity (Wildman–Crippen MR) is 90.9 cm³/mol. The van der Waals surface area contributed by atoms with Gasteiger partial charge in [-0.1, -0.05) is 18.9 Å². The molecule has 1 heterocycles. The van der Waals surface area contributed by atoms with Gasteiger partial charge in [-0.25, -0.2) is 8.42 Å². The largest absolute Gasteiger partial charge is 0.347 e. The van der Waals surface area contributed by atoms with Crippen molar-refractivity contribution in [1.82, 2.24) is 9.62 Å². The van der Waals surface area contributed by atoms with Gasteiger partial charge >= 0.3 is 0 Å². The number of sulfonamides is 1. The van der Waals surface area contributed by atoms with Gasteiger partial charge in [0.2, 0.25) is 10.0 Å². The smallest absolute Gasteiger partial charge is 0.251 e. The molecule has 1 saturated heterocycles. The first-order valence-electron chi connectivity index (χ1n) is 8.13. The van der Waals surface area contributed by atoms with Crippen molar-refractivity contribution in [2.24, 2.45) is 0 Å². The van der Waals surface area contributed by atoms with Crippen LogP contribution in [0.5, 0.6) is 0 Å². The maximum Gasteiger partial charge on any atom is 0.251 e. The molecule has 5 nitrogen and oxygen atoms in total. The number of hydrogen-bond donors (Lipinski definition) is 1. The zero-order valence-corrected chi connectivity index (χ0v) is 14.9. The highest BCUT2D eigenvalue weighted by atomic mass is 32.2. The van der Waals surface area contributed by atoms with Gasteiger partial charge in [0.25, 0.3) is 5.91 Å². The number of amides is 1. The summed E-state index contributed by atoms with van der Waals surface area (Å²) in [5.74, 6) is -0.259. The van der Waals surface area contributed by atoms with E-state index in [2.05, 4.69) is 5.32 Å². The SMILES string of the molecule is CC(C)(C)NC(=O)c1cccc(S(=O)(=O)N2CCCCCC2)c1. The average molecular weight is 338 g/mol. The summed E-state index contributed by atoms with van der Waals surface area (Å²) in [5, 5.41) is 2.86. The maximum atomic E-state index is 12.8. The topological polar surface area (TPSA) is 66.5 Å². The summed E-state index contributed by atoms with van der Waals surface area (Å²) in [6.07, 6.45) is 3.92. The van der Waals surface area contributed by atoms with Gasteiger partial charge in [-0.3, -0.25) is 4.79 Å². The molecule has 0 saturated carbocycles. The number of carbonyl (C=O) groups excluding carboxylic acids is 1. The molecule has 128 valence electrons. The lowest BCUT2D eigenvalue weighted by Crippen LogP contribution is -2.40. The van der Waals surface area contributed by atoms with Crippen LogP contribution in [-0.2, 0) is 10.0 Å². The Morgan fingerprint density at radius 3 is 2.26 bits per heavy atom. The summed E-state index contributed by atoms with van der Waals surface area (Å²) < 4.78 is 27.1. The zero-order chi connectivity index (χ0) is 17.1. The molecule has 1 aliphatic rings. The fourth-order valence-corrected chi connectivity index (χ4v) is 4.21. The van der Waals surface area contributed by atoms with Crippen LogP contribution in [-0.4, -0.2) is 37.3 Å². The Labute approximate surface area is 139 Å². The molecule has 1 fully saturated rings. The molecule has 1 N–H and O–H groups in total. The van der Waals surface area contributed by atoms with Crippen molar-refractivity contribution < 1.29 is 13.2 Å². The Kier molecular flexibility index (Phi) is 5.47. The first-order chi connectivity index (χ1) is 10.7. The summed E-state index contributed by atoms with van der Waals surface area (Å²) in [4.78, 5) is 12.4. The lowest BCUT2D eigenvalue weighted by molar-refractivity contribution is 0.0919. The van der Waals surface area contributed by atoms with E-state index in [9.17, 15) is 13.2 Å². The van der Waals surface area contributed by atoms with E-state index in [1.807, 2.05) is 20.8 Å². The number of carbonyl (C=O) groups is 1. The highest BCUT2D eigenvalue weighted by Gasteiger charge is 2.26. The molecule has 1 aliphatic heterocycles. The third kappa shape index (κ3) is 4.78. The lowest BCUT2D eigenvalue weighted by atomic mass is 10.1. The van der Waals surface area contributed by atoms with Crippen LogP contribution in [0, 0.1) is 0 Å². The van der Waals surface area contributed by atoms with Gasteiger partial charge in [-0.05, 0) is 51.8 Å². The monoisotopic (exact) mass is 338 g/mol. The molecule has 23 heavy (non-hydrogen) atoms. The first-order valence-corrected chi connectivity index (χ1v) is 9.57. The third-order valence-corrected chi connectivity index (χ3v) is 5.68. The average Bonchev–Trinajstić information content (AvgIpc) is 2.75. The number of nitrogens with zero attached hydrogens (tertiary/aromatic N) is 1. The Bertz CT molecular complexity index is 655. The zero-order valence-electron chi connectivity index (χ0n) is 14.1. The third-order valence-electron chi connectivity index (χ3n) is 3.79. The van der Waals surface area contributed by atoms with E-state index < -0.39 is 10.0 Å². The molecule has 2 rings (SSSR count). The normalized spacial score (nSPS) is 17.5. The second-order valence-electron chi connectivity index (χ2n) is 7.05.